The van der Waals surface area contributed by atoms with Crippen LogP contribution in [-0.2, 0) is 27.2 Å². The van der Waals surface area contributed by atoms with Crippen molar-refractivity contribution >= 4 is 28.9 Å². The van der Waals surface area contributed by atoms with Gasteiger partial charge in [-0.3, -0.25) is 4.79 Å². The number of ether oxygens (including phenoxy) is 1. The summed E-state index contributed by atoms with van der Waals surface area (Å²) in [6.45, 7) is 0. The molecule has 3 aromatic rings. The molecule has 204 valence electrons. The molecule has 4 aliphatic rings. The van der Waals surface area contributed by atoms with E-state index in [9.17, 15) is 19.5 Å². The fourth-order valence-corrected chi connectivity index (χ4v) is 7.42. The van der Waals surface area contributed by atoms with Crippen LogP contribution in [0.3, 0.4) is 0 Å². The van der Waals surface area contributed by atoms with Crippen LogP contribution in [0.4, 0.5) is 4.79 Å². The van der Waals surface area contributed by atoms with Crippen molar-refractivity contribution in [2.24, 2.45) is 23.7 Å². The molecule has 4 fully saturated rings. The second-order valence-corrected chi connectivity index (χ2v) is 11.7. The summed E-state index contributed by atoms with van der Waals surface area (Å²) in [5.41, 5.74) is 2.56. The summed E-state index contributed by atoms with van der Waals surface area (Å²) in [5, 5.41) is 16.3. The zero-order valence-corrected chi connectivity index (χ0v) is 21.8. The van der Waals surface area contributed by atoms with E-state index >= 15 is 0 Å². The number of carbonyl (C=O) groups is 3. The number of aromatic amines is 1. The number of alkyl carbamates (subject to hydrolysis) is 1. The molecular formula is C31H35N3O5. The van der Waals surface area contributed by atoms with Gasteiger partial charge in [0.2, 0.25) is 5.91 Å². The Morgan fingerprint density at radius 2 is 1.51 bits per heavy atom. The van der Waals surface area contributed by atoms with Gasteiger partial charge in [0.15, 0.2) is 0 Å². The lowest BCUT2D eigenvalue weighted by Crippen LogP contribution is -2.55. The topological polar surface area (TPSA) is 121 Å². The molecule has 2 amide bonds. The van der Waals surface area contributed by atoms with Crippen molar-refractivity contribution in [3.05, 3.63) is 71.9 Å². The highest BCUT2D eigenvalue weighted by Crippen LogP contribution is 2.54. The number of amides is 2. The molecule has 8 heteroatoms. The molecule has 1 aromatic heterocycles. The zero-order chi connectivity index (χ0) is 26.9. The summed E-state index contributed by atoms with van der Waals surface area (Å²) in [4.78, 5) is 41.9. The van der Waals surface area contributed by atoms with Crippen LogP contribution >= 0.6 is 0 Å². The standard InChI is InChI=1S/C31H35N3O5/c35-29(33-27(30(36)37)16-23-17-32-25-9-5-4-8-24(23)25)26(15-18-6-2-1-3-7-18)34-31(38)39-28-21-11-19-10-20(13-21)14-22(28)12-19/h1-9,17,19-22,26-28,32H,10-16H2,(H,33,35)(H,34,38)(H,36,37)/t19?,20?,21?,22?,26-,27?,28?/m0/s1. The molecule has 4 aliphatic carbocycles. The van der Waals surface area contributed by atoms with E-state index in [-0.39, 0.29) is 18.9 Å². The lowest BCUT2D eigenvalue weighted by Gasteiger charge is -2.53. The Morgan fingerprint density at radius 1 is 0.846 bits per heavy atom. The number of carbonyl (C=O) groups excluding carboxylic acids is 2. The molecule has 4 N–H and O–H groups in total. The van der Waals surface area contributed by atoms with E-state index in [0.29, 0.717) is 11.8 Å². The van der Waals surface area contributed by atoms with Crippen LogP contribution in [0.25, 0.3) is 10.9 Å². The Morgan fingerprint density at radius 3 is 2.21 bits per heavy atom. The number of para-hydroxylation sites is 1. The van der Waals surface area contributed by atoms with E-state index in [2.05, 4.69) is 15.6 Å². The first-order valence-electron chi connectivity index (χ1n) is 14.0. The summed E-state index contributed by atoms with van der Waals surface area (Å²) < 4.78 is 5.98. The van der Waals surface area contributed by atoms with Crippen LogP contribution in [0.1, 0.15) is 43.2 Å². The highest BCUT2D eigenvalue weighted by Gasteiger charge is 2.50. The number of nitrogens with one attached hydrogen (secondary N) is 3. The van der Waals surface area contributed by atoms with Gasteiger partial charge in [-0.25, -0.2) is 9.59 Å². The summed E-state index contributed by atoms with van der Waals surface area (Å²) in [5.74, 6) is 0.646. The van der Waals surface area contributed by atoms with Gasteiger partial charge in [-0.2, -0.15) is 0 Å². The first-order valence-corrected chi connectivity index (χ1v) is 14.0. The number of aliphatic carboxylic acids is 1. The molecule has 0 aliphatic heterocycles. The number of aromatic nitrogens is 1. The Kier molecular flexibility index (Phi) is 7.02. The summed E-state index contributed by atoms with van der Waals surface area (Å²) >= 11 is 0. The Balaban J connectivity index is 1.15. The van der Waals surface area contributed by atoms with Crippen LogP contribution in [0.2, 0.25) is 0 Å². The SMILES string of the molecule is O=C(N[C@@H](Cc1ccccc1)C(=O)NC(Cc1c[nH]c2ccccc12)C(=O)O)OC1C2CC3CC(C2)CC1C3. The number of hydrogen-bond acceptors (Lipinski definition) is 4. The molecule has 1 heterocycles. The quantitative estimate of drug-likeness (QED) is 0.327. The smallest absolute Gasteiger partial charge is 0.408 e. The lowest BCUT2D eigenvalue weighted by molar-refractivity contribution is -0.142. The molecule has 39 heavy (non-hydrogen) atoms. The second-order valence-electron chi connectivity index (χ2n) is 11.7. The van der Waals surface area contributed by atoms with Crippen LogP contribution < -0.4 is 10.6 Å². The summed E-state index contributed by atoms with van der Waals surface area (Å²) in [6.07, 6.45) is 7.19. The molecule has 2 atom stereocenters. The maximum atomic E-state index is 13.5. The van der Waals surface area contributed by atoms with Crippen molar-refractivity contribution in [1.82, 2.24) is 15.6 Å². The third kappa shape index (κ3) is 5.51. The highest BCUT2D eigenvalue weighted by atomic mass is 16.6. The predicted octanol–water partition coefficient (Wildman–Crippen LogP) is 4.44. The molecule has 4 bridgehead atoms. The van der Waals surface area contributed by atoms with Gasteiger partial charge in [0.25, 0.3) is 0 Å². The average Bonchev–Trinajstić information content (AvgIpc) is 3.33. The third-order valence-electron chi connectivity index (χ3n) is 8.99. The van der Waals surface area contributed by atoms with Crippen LogP contribution in [0.5, 0.6) is 0 Å². The lowest BCUT2D eigenvalue weighted by atomic mass is 9.55. The van der Waals surface area contributed by atoms with Crippen molar-refractivity contribution in [3.63, 3.8) is 0 Å². The van der Waals surface area contributed by atoms with Crippen molar-refractivity contribution in [3.8, 4) is 0 Å². The number of carboxylic acid groups (broad SMARTS) is 1. The number of carboxylic acids is 1. The molecular weight excluding hydrogens is 494 g/mol. The summed E-state index contributed by atoms with van der Waals surface area (Å²) in [7, 11) is 0. The molecule has 7 rings (SSSR count). The Bertz CT molecular complexity index is 1320. The molecule has 4 saturated carbocycles. The normalized spacial score (nSPS) is 26.6. The molecule has 2 aromatic carbocycles. The molecule has 8 nitrogen and oxygen atoms in total. The molecule has 0 radical (unpaired) electrons. The first-order chi connectivity index (χ1) is 18.9. The summed E-state index contributed by atoms with van der Waals surface area (Å²) in [6, 6.07) is 14.9. The fourth-order valence-electron chi connectivity index (χ4n) is 7.42. The van der Waals surface area contributed by atoms with Gasteiger partial charge < -0.3 is 25.5 Å². The largest absolute Gasteiger partial charge is 0.480 e. The van der Waals surface area contributed by atoms with E-state index in [4.69, 9.17) is 4.74 Å². The van der Waals surface area contributed by atoms with Gasteiger partial charge in [0.1, 0.15) is 18.2 Å². The van der Waals surface area contributed by atoms with Crippen LogP contribution in [-0.4, -0.2) is 46.2 Å². The van der Waals surface area contributed by atoms with Crippen molar-refractivity contribution in [2.45, 2.75) is 63.1 Å². The van der Waals surface area contributed by atoms with Gasteiger partial charge in [0, 0.05) is 29.9 Å². The molecule has 0 saturated heterocycles. The van der Waals surface area contributed by atoms with E-state index in [0.717, 1.165) is 59.5 Å². The molecule has 1 unspecified atom stereocenters. The second kappa shape index (κ2) is 10.8. The number of H-pyrrole nitrogens is 1. The zero-order valence-electron chi connectivity index (χ0n) is 21.8. The highest BCUT2D eigenvalue weighted by molar-refractivity contribution is 5.90. The van der Waals surface area contributed by atoms with Crippen LogP contribution in [0.15, 0.2) is 60.8 Å². The number of benzene rings is 2. The van der Waals surface area contributed by atoms with E-state index in [1.165, 1.54) is 6.42 Å². The third-order valence-corrected chi connectivity index (χ3v) is 8.99. The van der Waals surface area contributed by atoms with Crippen molar-refractivity contribution in [1.29, 1.82) is 0 Å². The number of fused-ring (bicyclic) bond motifs is 1. The van der Waals surface area contributed by atoms with E-state index < -0.39 is 30.1 Å². The number of hydrogen-bond donors (Lipinski definition) is 4. The minimum Gasteiger partial charge on any atom is -0.480 e. The van der Waals surface area contributed by atoms with Gasteiger partial charge in [-0.15, -0.1) is 0 Å². The average molecular weight is 530 g/mol. The predicted molar refractivity (Wildman–Crippen MR) is 146 cm³/mol. The van der Waals surface area contributed by atoms with E-state index in [1.54, 1.807) is 6.20 Å². The molecule has 0 spiro atoms. The maximum absolute atomic E-state index is 13.5. The Hall–Kier alpha value is -3.81. The van der Waals surface area contributed by atoms with Crippen LogP contribution in [0, 0.1) is 23.7 Å². The minimum absolute atomic E-state index is 0.105. The van der Waals surface area contributed by atoms with Crippen molar-refractivity contribution < 1.29 is 24.2 Å². The van der Waals surface area contributed by atoms with Gasteiger partial charge >= 0.3 is 12.1 Å². The Labute approximate surface area is 227 Å². The minimum atomic E-state index is -1.16. The number of rotatable bonds is 9. The van der Waals surface area contributed by atoms with E-state index in [1.807, 2.05) is 54.6 Å². The van der Waals surface area contributed by atoms with Gasteiger partial charge in [-0.05, 0) is 73.0 Å². The van der Waals surface area contributed by atoms with Gasteiger partial charge in [0.05, 0.1) is 0 Å². The van der Waals surface area contributed by atoms with Crippen molar-refractivity contribution in [2.75, 3.05) is 0 Å². The maximum Gasteiger partial charge on any atom is 0.408 e. The fraction of sp³-hybridized carbons (Fsp3) is 0.452. The van der Waals surface area contributed by atoms with Gasteiger partial charge in [-0.1, -0.05) is 48.5 Å². The monoisotopic (exact) mass is 529 g/mol. The first kappa shape index (κ1) is 25.5.